The largest absolute Gasteiger partial charge is 0.345 e. The van der Waals surface area contributed by atoms with E-state index in [1.165, 1.54) is 6.42 Å². The molecular formula is C6H12N2O. The van der Waals surface area contributed by atoms with E-state index in [2.05, 4.69) is 17.4 Å². The third kappa shape index (κ3) is 0.689. The molecule has 1 spiro atoms. The van der Waals surface area contributed by atoms with Crippen LogP contribution in [0.2, 0.25) is 0 Å². The highest BCUT2D eigenvalue weighted by atomic mass is 16.6. The van der Waals surface area contributed by atoms with E-state index in [4.69, 9.17) is 4.74 Å². The summed E-state index contributed by atoms with van der Waals surface area (Å²) >= 11 is 0. The first kappa shape index (κ1) is 5.65. The fourth-order valence-electron chi connectivity index (χ4n) is 1.45. The Kier molecular flexibility index (Phi) is 1.06. The standard InChI is InChI=1S/C6H12N2O/c1-2-8-6(7-8)4-3-5-9-6/h7H,2-5H2,1H3. The molecule has 9 heavy (non-hydrogen) atoms. The summed E-state index contributed by atoms with van der Waals surface area (Å²) in [6, 6.07) is 0. The van der Waals surface area contributed by atoms with Gasteiger partial charge in [-0.05, 0) is 6.42 Å². The number of ether oxygens (including phenoxy) is 1. The van der Waals surface area contributed by atoms with E-state index in [9.17, 15) is 0 Å². The Balaban J connectivity index is 1.97. The average Bonchev–Trinajstić information content (AvgIpc) is 2.30. The van der Waals surface area contributed by atoms with Crippen LogP contribution in [0, 0.1) is 0 Å². The summed E-state index contributed by atoms with van der Waals surface area (Å²) < 4.78 is 5.47. The highest BCUT2D eigenvalue weighted by molar-refractivity contribution is 4.91. The van der Waals surface area contributed by atoms with E-state index in [1.807, 2.05) is 0 Å². The van der Waals surface area contributed by atoms with Crippen molar-refractivity contribution in [3.05, 3.63) is 0 Å². The summed E-state index contributed by atoms with van der Waals surface area (Å²) in [6.45, 7) is 4.09. The predicted octanol–water partition coefficient (Wildman–Crippen LogP) is 0.291. The van der Waals surface area contributed by atoms with Gasteiger partial charge in [0.2, 0.25) is 5.85 Å². The number of nitrogens with one attached hydrogen (secondary N) is 1. The van der Waals surface area contributed by atoms with Crippen LogP contribution in [0.5, 0.6) is 0 Å². The van der Waals surface area contributed by atoms with Gasteiger partial charge in [-0.2, -0.15) is 5.01 Å². The number of nitrogens with zero attached hydrogens (tertiary/aromatic N) is 1. The van der Waals surface area contributed by atoms with Crippen LogP contribution < -0.4 is 5.43 Å². The van der Waals surface area contributed by atoms with E-state index >= 15 is 0 Å². The lowest BCUT2D eigenvalue weighted by atomic mass is 10.3. The smallest absolute Gasteiger partial charge is 0.202 e. The highest BCUT2D eigenvalue weighted by Gasteiger charge is 2.54. The molecule has 0 aliphatic carbocycles. The second kappa shape index (κ2) is 1.68. The highest BCUT2D eigenvalue weighted by Crippen LogP contribution is 2.35. The summed E-state index contributed by atoms with van der Waals surface area (Å²) in [7, 11) is 0. The zero-order valence-electron chi connectivity index (χ0n) is 5.68. The van der Waals surface area contributed by atoms with Crippen molar-refractivity contribution in [1.82, 2.24) is 10.4 Å². The molecule has 1 N–H and O–H groups in total. The lowest BCUT2D eigenvalue weighted by molar-refractivity contribution is 0.0433. The van der Waals surface area contributed by atoms with Gasteiger partial charge in [-0.1, -0.05) is 6.92 Å². The Hall–Kier alpha value is -0.120. The van der Waals surface area contributed by atoms with Gasteiger partial charge in [-0.25, -0.2) is 5.43 Å². The summed E-state index contributed by atoms with van der Waals surface area (Å²) in [4.78, 5) is 0. The molecule has 2 unspecified atom stereocenters. The molecule has 2 aliphatic rings. The minimum Gasteiger partial charge on any atom is -0.345 e. The molecule has 0 aromatic carbocycles. The molecule has 2 heterocycles. The van der Waals surface area contributed by atoms with Crippen molar-refractivity contribution in [2.24, 2.45) is 0 Å². The van der Waals surface area contributed by atoms with E-state index in [0.29, 0.717) is 0 Å². The molecule has 52 valence electrons. The molecule has 2 saturated heterocycles. The first-order chi connectivity index (χ1) is 4.37. The van der Waals surface area contributed by atoms with Crippen LogP contribution in [0.1, 0.15) is 19.8 Å². The van der Waals surface area contributed by atoms with Crippen LogP contribution in [0.25, 0.3) is 0 Å². The van der Waals surface area contributed by atoms with Crippen LogP contribution in [-0.2, 0) is 4.74 Å². The lowest BCUT2D eigenvalue weighted by Crippen LogP contribution is -2.16. The second-order valence-corrected chi connectivity index (χ2v) is 2.59. The zero-order chi connectivity index (χ0) is 6.32. The van der Waals surface area contributed by atoms with E-state index < -0.39 is 0 Å². The Labute approximate surface area is 54.9 Å². The Morgan fingerprint density at radius 3 is 3.11 bits per heavy atom. The zero-order valence-corrected chi connectivity index (χ0v) is 5.68. The van der Waals surface area contributed by atoms with Gasteiger partial charge in [0.15, 0.2) is 0 Å². The van der Waals surface area contributed by atoms with Crippen molar-refractivity contribution >= 4 is 0 Å². The van der Waals surface area contributed by atoms with Gasteiger partial charge in [0.1, 0.15) is 0 Å². The van der Waals surface area contributed by atoms with Crippen LogP contribution >= 0.6 is 0 Å². The van der Waals surface area contributed by atoms with Crippen molar-refractivity contribution in [2.75, 3.05) is 13.2 Å². The maximum Gasteiger partial charge on any atom is 0.202 e. The number of hydrazine groups is 1. The van der Waals surface area contributed by atoms with Gasteiger partial charge < -0.3 is 4.74 Å². The Bertz CT molecular complexity index is 120. The SMILES string of the molecule is CCN1NC12CCCO2. The summed E-state index contributed by atoms with van der Waals surface area (Å²) in [5.41, 5.74) is 3.20. The summed E-state index contributed by atoms with van der Waals surface area (Å²) in [5, 5.41) is 2.14. The van der Waals surface area contributed by atoms with Crippen molar-refractivity contribution in [3.8, 4) is 0 Å². The van der Waals surface area contributed by atoms with Gasteiger partial charge in [-0.15, -0.1) is 0 Å². The molecular weight excluding hydrogens is 116 g/mol. The lowest BCUT2D eigenvalue weighted by Gasteiger charge is -2.02. The molecule has 2 atom stereocenters. The number of hydrogen-bond donors (Lipinski definition) is 1. The monoisotopic (exact) mass is 128 g/mol. The van der Waals surface area contributed by atoms with E-state index in [1.54, 1.807) is 0 Å². The van der Waals surface area contributed by atoms with Crippen molar-refractivity contribution in [1.29, 1.82) is 0 Å². The maximum atomic E-state index is 5.47. The van der Waals surface area contributed by atoms with Crippen molar-refractivity contribution in [2.45, 2.75) is 25.6 Å². The van der Waals surface area contributed by atoms with E-state index in [0.717, 1.165) is 19.6 Å². The normalized spacial score (nSPS) is 48.3. The molecule has 0 saturated carbocycles. The van der Waals surface area contributed by atoms with Gasteiger partial charge in [0.05, 0.1) is 6.61 Å². The van der Waals surface area contributed by atoms with Crippen molar-refractivity contribution in [3.63, 3.8) is 0 Å². The quantitative estimate of drug-likeness (QED) is 0.515. The molecule has 0 radical (unpaired) electrons. The second-order valence-electron chi connectivity index (χ2n) is 2.59. The van der Waals surface area contributed by atoms with E-state index in [-0.39, 0.29) is 5.85 Å². The molecule has 2 fully saturated rings. The molecule has 0 amide bonds. The molecule has 0 aromatic heterocycles. The first-order valence-electron chi connectivity index (χ1n) is 3.57. The maximum absolute atomic E-state index is 5.47. The average molecular weight is 128 g/mol. The van der Waals surface area contributed by atoms with Crippen LogP contribution in [0.4, 0.5) is 0 Å². The molecule has 2 rings (SSSR count). The molecule has 0 bridgehead atoms. The van der Waals surface area contributed by atoms with Crippen LogP contribution in [-0.4, -0.2) is 24.0 Å². The van der Waals surface area contributed by atoms with Gasteiger partial charge in [-0.3, -0.25) is 0 Å². The molecule has 0 aromatic rings. The molecule has 3 heteroatoms. The minimum absolute atomic E-state index is 0.00521. The van der Waals surface area contributed by atoms with Gasteiger partial charge in [0, 0.05) is 13.0 Å². The predicted molar refractivity (Wildman–Crippen MR) is 33.4 cm³/mol. The Morgan fingerprint density at radius 1 is 1.78 bits per heavy atom. The third-order valence-corrected chi connectivity index (χ3v) is 2.01. The fourth-order valence-corrected chi connectivity index (χ4v) is 1.45. The summed E-state index contributed by atoms with van der Waals surface area (Å²) in [5.74, 6) is -0.00521. The molecule has 2 aliphatic heterocycles. The van der Waals surface area contributed by atoms with Gasteiger partial charge >= 0.3 is 0 Å². The summed E-state index contributed by atoms with van der Waals surface area (Å²) in [6.07, 6.45) is 2.35. The van der Waals surface area contributed by atoms with Crippen LogP contribution in [0.15, 0.2) is 0 Å². The topological polar surface area (TPSA) is 34.2 Å². The first-order valence-corrected chi connectivity index (χ1v) is 3.57. The van der Waals surface area contributed by atoms with Crippen molar-refractivity contribution < 1.29 is 4.74 Å². The van der Waals surface area contributed by atoms with Gasteiger partial charge in [0.25, 0.3) is 0 Å². The molecule has 3 nitrogen and oxygen atoms in total. The Morgan fingerprint density at radius 2 is 2.67 bits per heavy atom. The van der Waals surface area contributed by atoms with Crippen LogP contribution in [0.3, 0.4) is 0 Å². The number of hydrogen-bond acceptors (Lipinski definition) is 3. The fraction of sp³-hybridized carbons (Fsp3) is 1.00. The number of rotatable bonds is 1. The third-order valence-electron chi connectivity index (χ3n) is 2.01. The minimum atomic E-state index is -0.00521.